The highest BCUT2D eigenvalue weighted by Crippen LogP contribution is 2.26. The number of rotatable bonds is 10. The summed E-state index contributed by atoms with van der Waals surface area (Å²) >= 11 is 0. The number of benzene rings is 1. The van der Waals surface area contributed by atoms with Crippen LogP contribution >= 0.6 is 0 Å². The van der Waals surface area contributed by atoms with Crippen molar-refractivity contribution in [1.29, 1.82) is 0 Å². The number of aryl methyl sites for hydroxylation is 2. The van der Waals surface area contributed by atoms with Crippen LogP contribution in [-0.2, 0) is 14.4 Å². The number of carbonyl (C=O) groups is 4. The van der Waals surface area contributed by atoms with Gasteiger partial charge in [0, 0.05) is 25.2 Å². The molecule has 1 heterocycles. The molecule has 39 heavy (non-hydrogen) atoms. The molecule has 2 atom stereocenters. The van der Waals surface area contributed by atoms with Crippen LogP contribution in [0.3, 0.4) is 0 Å². The van der Waals surface area contributed by atoms with Crippen molar-refractivity contribution < 1.29 is 23.9 Å². The summed E-state index contributed by atoms with van der Waals surface area (Å²) in [6, 6.07) is 2.16. The molecule has 4 amide bonds. The third kappa shape index (κ3) is 8.97. The lowest BCUT2D eigenvalue weighted by Gasteiger charge is -2.33. The highest BCUT2D eigenvalue weighted by atomic mass is 16.5. The third-order valence-corrected chi connectivity index (χ3v) is 6.97. The van der Waals surface area contributed by atoms with Crippen molar-refractivity contribution in [2.75, 3.05) is 20.2 Å². The number of ether oxygens (including phenoxy) is 1. The van der Waals surface area contributed by atoms with Gasteiger partial charge in [0.25, 0.3) is 11.8 Å². The first-order valence-corrected chi connectivity index (χ1v) is 13.9. The molecule has 0 aromatic heterocycles. The van der Waals surface area contributed by atoms with Crippen LogP contribution in [0.15, 0.2) is 12.1 Å². The lowest BCUT2D eigenvalue weighted by Crippen LogP contribution is -2.54. The fraction of sp³-hybridized carbons (Fsp3) is 0.667. The molecule has 0 radical (unpaired) electrons. The van der Waals surface area contributed by atoms with Crippen molar-refractivity contribution >= 4 is 23.6 Å². The number of carbonyl (C=O) groups excluding carboxylic acids is 4. The summed E-state index contributed by atoms with van der Waals surface area (Å²) < 4.78 is 5.80. The molecule has 0 bridgehead atoms. The summed E-state index contributed by atoms with van der Waals surface area (Å²) in [4.78, 5) is 56.1. The molecule has 0 spiro atoms. The molecule has 218 valence electrons. The van der Waals surface area contributed by atoms with Gasteiger partial charge in [0.1, 0.15) is 17.8 Å². The molecule has 2 rings (SSSR count). The van der Waals surface area contributed by atoms with Gasteiger partial charge in [-0.2, -0.15) is 0 Å². The fourth-order valence-electron chi connectivity index (χ4n) is 4.59. The zero-order valence-electron chi connectivity index (χ0n) is 25.4. The zero-order valence-corrected chi connectivity index (χ0v) is 25.4. The van der Waals surface area contributed by atoms with E-state index in [2.05, 4.69) is 10.6 Å². The standard InChI is InChI=1S/C30H48N4O5/c1-18(2)14-23(28(37)34-13-11-12-24(34)29(38)33(10)19(3)4)31-27(36)22-15-20(5)21(6)16-25(22)39-17-26(35)32-30(7,8)9/h15-16,18-19,23-24H,11-14,17H2,1-10H3,(H,31,36)(H,32,35). The van der Waals surface area contributed by atoms with Gasteiger partial charge in [0.2, 0.25) is 11.8 Å². The molecule has 1 saturated heterocycles. The molecule has 1 fully saturated rings. The lowest BCUT2D eigenvalue weighted by molar-refractivity contribution is -0.145. The van der Waals surface area contributed by atoms with E-state index in [9.17, 15) is 19.2 Å². The Morgan fingerprint density at radius 1 is 1.08 bits per heavy atom. The van der Waals surface area contributed by atoms with Crippen LogP contribution in [0, 0.1) is 19.8 Å². The minimum Gasteiger partial charge on any atom is -0.483 e. The fourth-order valence-corrected chi connectivity index (χ4v) is 4.59. The van der Waals surface area contributed by atoms with E-state index in [1.165, 1.54) is 0 Å². The zero-order chi connectivity index (χ0) is 29.7. The Balaban J connectivity index is 2.29. The van der Waals surface area contributed by atoms with E-state index in [4.69, 9.17) is 4.74 Å². The molecule has 0 saturated carbocycles. The van der Waals surface area contributed by atoms with Gasteiger partial charge in [-0.3, -0.25) is 19.2 Å². The van der Waals surface area contributed by atoms with Crippen molar-refractivity contribution in [2.45, 2.75) is 105 Å². The van der Waals surface area contributed by atoms with Crippen molar-refractivity contribution in [3.05, 3.63) is 28.8 Å². The van der Waals surface area contributed by atoms with Gasteiger partial charge in [0.15, 0.2) is 6.61 Å². The first-order chi connectivity index (χ1) is 18.0. The summed E-state index contributed by atoms with van der Waals surface area (Å²) in [6.45, 7) is 17.5. The van der Waals surface area contributed by atoms with Crippen molar-refractivity contribution in [2.24, 2.45) is 5.92 Å². The van der Waals surface area contributed by atoms with E-state index in [0.29, 0.717) is 19.4 Å². The maximum Gasteiger partial charge on any atom is 0.258 e. The molecule has 1 aromatic rings. The Kier molecular flexibility index (Phi) is 11.0. The second kappa shape index (κ2) is 13.3. The van der Waals surface area contributed by atoms with Crippen LogP contribution in [0.25, 0.3) is 0 Å². The Morgan fingerprint density at radius 3 is 2.26 bits per heavy atom. The van der Waals surface area contributed by atoms with Crippen LogP contribution in [0.2, 0.25) is 0 Å². The van der Waals surface area contributed by atoms with Crippen LogP contribution in [0.4, 0.5) is 0 Å². The molecular formula is C30H48N4O5. The molecule has 9 heteroatoms. The van der Waals surface area contributed by atoms with Gasteiger partial charge in [-0.05, 0) is 96.9 Å². The Labute approximate surface area is 234 Å². The summed E-state index contributed by atoms with van der Waals surface area (Å²) in [6.07, 6.45) is 1.77. The summed E-state index contributed by atoms with van der Waals surface area (Å²) in [5.74, 6) is -0.667. The van der Waals surface area contributed by atoms with E-state index in [0.717, 1.165) is 17.5 Å². The number of likely N-dealkylation sites (N-methyl/N-ethyl adjacent to an activating group) is 1. The average Bonchev–Trinajstić information content (AvgIpc) is 3.31. The molecule has 1 aliphatic rings. The van der Waals surface area contributed by atoms with Gasteiger partial charge in [-0.25, -0.2) is 0 Å². The van der Waals surface area contributed by atoms with Crippen molar-refractivity contribution in [3.63, 3.8) is 0 Å². The molecule has 9 nitrogen and oxygen atoms in total. The van der Waals surface area contributed by atoms with Crippen LogP contribution in [0.5, 0.6) is 5.75 Å². The second-order valence-corrected chi connectivity index (χ2v) is 12.4. The molecule has 1 aromatic carbocycles. The van der Waals surface area contributed by atoms with E-state index in [-0.39, 0.29) is 47.6 Å². The van der Waals surface area contributed by atoms with E-state index in [1.54, 1.807) is 29.0 Å². The molecule has 1 aliphatic heterocycles. The minimum absolute atomic E-state index is 0.0230. The summed E-state index contributed by atoms with van der Waals surface area (Å²) in [5.41, 5.74) is 1.66. The Hall–Kier alpha value is -3.10. The Bertz CT molecular complexity index is 1060. The number of amides is 4. The largest absolute Gasteiger partial charge is 0.483 e. The predicted octanol–water partition coefficient (Wildman–Crippen LogP) is 3.60. The van der Waals surface area contributed by atoms with Gasteiger partial charge in [-0.1, -0.05) is 13.8 Å². The normalized spacial score (nSPS) is 16.3. The van der Waals surface area contributed by atoms with Crippen molar-refractivity contribution in [3.8, 4) is 5.75 Å². The average molecular weight is 545 g/mol. The number of nitrogens with zero attached hydrogens (tertiary/aromatic N) is 2. The third-order valence-electron chi connectivity index (χ3n) is 6.97. The van der Waals surface area contributed by atoms with E-state index in [1.807, 2.05) is 62.3 Å². The first-order valence-electron chi connectivity index (χ1n) is 13.9. The number of hydrogen-bond acceptors (Lipinski definition) is 5. The smallest absolute Gasteiger partial charge is 0.258 e. The molecule has 2 N–H and O–H groups in total. The monoisotopic (exact) mass is 544 g/mol. The number of hydrogen-bond donors (Lipinski definition) is 2. The lowest BCUT2D eigenvalue weighted by atomic mass is 10.00. The Morgan fingerprint density at radius 2 is 1.69 bits per heavy atom. The SMILES string of the molecule is Cc1cc(OCC(=O)NC(C)(C)C)c(C(=O)NC(CC(C)C)C(=O)N2CCCC2C(=O)N(C)C(C)C)cc1C. The van der Waals surface area contributed by atoms with Crippen LogP contribution < -0.4 is 15.4 Å². The molecule has 0 aliphatic carbocycles. The van der Waals surface area contributed by atoms with Gasteiger partial charge in [-0.15, -0.1) is 0 Å². The highest BCUT2D eigenvalue weighted by Gasteiger charge is 2.39. The summed E-state index contributed by atoms with van der Waals surface area (Å²) in [5, 5.41) is 5.78. The highest BCUT2D eigenvalue weighted by molar-refractivity contribution is 6.00. The van der Waals surface area contributed by atoms with Gasteiger partial charge in [0.05, 0.1) is 5.56 Å². The van der Waals surface area contributed by atoms with E-state index >= 15 is 0 Å². The maximum absolute atomic E-state index is 13.8. The number of likely N-dealkylation sites (tertiary alicyclic amines) is 1. The van der Waals surface area contributed by atoms with Crippen LogP contribution in [0.1, 0.15) is 89.2 Å². The molecule has 2 unspecified atom stereocenters. The summed E-state index contributed by atoms with van der Waals surface area (Å²) in [7, 11) is 1.75. The quantitative estimate of drug-likeness (QED) is 0.468. The van der Waals surface area contributed by atoms with Crippen LogP contribution in [-0.4, -0.2) is 77.3 Å². The second-order valence-electron chi connectivity index (χ2n) is 12.4. The topological polar surface area (TPSA) is 108 Å². The minimum atomic E-state index is -0.797. The predicted molar refractivity (Wildman–Crippen MR) is 153 cm³/mol. The number of nitrogens with one attached hydrogen (secondary N) is 2. The first kappa shape index (κ1) is 32.1. The van der Waals surface area contributed by atoms with Gasteiger partial charge >= 0.3 is 0 Å². The van der Waals surface area contributed by atoms with Crippen molar-refractivity contribution in [1.82, 2.24) is 20.4 Å². The van der Waals surface area contributed by atoms with Gasteiger partial charge < -0.3 is 25.2 Å². The molecular weight excluding hydrogens is 496 g/mol. The maximum atomic E-state index is 13.8. The van der Waals surface area contributed by atoms with E-state index < -0.39 is 23.5 Å².